The number of nitrogens with one attached hydrogen (secondary N) is 1. The van der Waals surface area contributed by atoms with Crippen molar-refractivity contribution in [3.8, 4) is 0 Å². The second kappa shape index (κ2) is 8.39. The number of aromatic nitrogens is 2. The van der Waals surface area contributed by atoms with Crippen LogP contribution in [0.5, 0.6) is 0 Å². The Bertz CT molecular complexity index is 1060. The minimum absolute atomic E-state index is 0.217. The van der Waals surface area contributed by atoms with E-state index >= 15 is 0 Å². The first-order valence-corrected chi connectivity index (χ1v) is 9.17. The lowest BCUT2D eigenvalue weighted by Gasteiger charge is -2.19. The van der Waals surface area contributed by atoms with Gasteiger partial charge in [0.1, 0.15) is 5.82 Å². The van der Waals surface area contributed by atoms with E-state index < -0.39 is 11.4 Å². The molecule has 1 aromatic heterocycles. The molecule has 0 radical (unpaired) electrons. The highest BCUT2D eigenvalue weighted by Gasteiger charge is 2.15. The summed E-state index contributed by atoms with van der Waals surface area (Å²) in [4.78, 5) is 31.0. The molecule has 0 atom stereocenters. The summed E-state index contributed by atoms with van der Waals surface area (Å²) >= 11 is 5.86. The van der Waals surface area contributed by atoms with Gasteiger partial charge in [0.2, 0.25) is 11.9 Å². The summed E-state index contributed by atoms with van der Waals surface area (Å²) in [5.41, 5.74) is 3.47. The van der Waals surface area contributed by atoms with Crippen molar-refractivity contribution in [1.82, 2.24) is 9.66 Å². The molecule has 0 bridgehead atoms. The molecule has 1 heterocycles. The second-order valence-corrected chi connectivity index (χ2v) is 7.06. The Balaban J connectivity index is 1.76. The molecule has 1 amide bonds. The van der Waals surface area contributed by atoms with E-state index in [2.05, 4.69) is 10.4 Å². The summed E-state index contributed by atoms with van der Waals surface area (Å²) in [5, 5.41) is 0.897. The molecule has 28 heavy (non-hydrogen) atoms. The van der Waals surface area contributed by atoms with Crippen LogP contribution in [-0.2, 0) is 11.2 Å². The number of anilines is 1. The van der Waals surface area contributed by atoms with Crippen LogP contribution in [-0.4, -0.2) is 29.7 Å². The first-order chi connectivity index (χ1) is 13.3. The van der Waals surface area contributed by atoms with Gasteiger partial charge in [-0.2, -0.15) is 4.68 Å². The molecule has 0 saturated carbocycles. The van der Waals surface area contributed by atoms with Crippen molar-refractivity contribution in [2.75, 3.05) is 24.4 Å². The molecule has 6 nitrogen and oxygen atoms in total. The van der Waals surface area contributed by atoms with Gasteiger partial charge in [-0.05, 0) is 42.7 Å². The van der Waals surface area contributed by atoms with Crippen molar-refractivity contribution < 1.29 is 9.18 Å². The standard InChI is InChI=1S/C20H20ClFN4O2/c1-25(2)20-23-17-12-15(22)10-11-16(17)19(28)26(20)24-18(27)5-3-4-13-6-8-14(21)9-7-13/h6-12H,3-5H2,1-2H3,(H,24,27). The molecule has 0 aliphatic carbocycles. The fraction of sp³-hybridized carbons (Fsp3) is 0.250. The zero-order valence-corrected chi connectivity index (χ0v) is 16.3. The molecule has 0 fully saturated rings. The van der Waals surface area contributed by atoms with Crippen LogP contribution in [0.25, 0.3) is 10.9 Å². The number of hydrogen-bond acceptors (Lipinski definition) is 4. The number of carbonyl (C=O) groups is 1. The number of nitrogens with zero attached hydrogens (tertiary/aromatic N) is 3. The predicted octanol–water partition coefficient (Wildman–Crippen LogP) is 3.35. The number of hydrogen-bond donors (Lipinski definition) is 1. The smallest absolute Gasteiger partial charge is 0.281 e. The van der Waals surface area contributed by atoms with Crippen LogP contribution in [0.15, 0.2) is 47.3 Å². The number of aryl methyl sites for hydroxylation is 1. The Kier molecular flexibility index (Phi) is 5.94. The summed E-state index contributed by atoms with van der Waals surface area (Å²) in [7, 11) is 3.38. The van der Waals surface area contributed by atoms with Crippen molar-refractivity contribution in [3.05, 3.63) is 69.2 Å². The Hall–Kier alpha value is -2.93. The quantitative estimate of drug-likeness (QED) is 0.686. The van der Waals surface area contributed by atoms with Gasteiger partial charge in [0.25, 0.3) is 5.56 Å². The highest BCUT2D eigenvalue weighted by molar-refractivity contribution is 6.30. The highest BCUT2D eigenvalue weighted by atomic mass is 35.5. The monoisotopic (exact) mass is 402 g/mol. The van der Waals surface area contributed by atoms with Gasteiger partial charge in [-0.15, -0.1) is 0 Å². The summed E-state index contributed by atoms with van der Waals surface area (Å²) in [6.45, 7) is 0. The Morgan fingerprint density at radius 2 is 1.93 bits per heavy atom. The average Bonchev–Trinajstić information content (AvgIpc) is 2.65. The molecule has 0 spiro atoms. The third-order valence-electron chi connectivity index (χ3n) is 4.23. The van der Waals surface area contributed by atoms with Crippen LogP contribution >= 0.6 is 11.6 Å². The first-order valence-electron chi connectivity index (χ1n) is 8.79. The molecule has 0 aliphatic rings. The first kappa shape index (κ1) is 19.8. The Labute approximate surface area is 166 Å². The molecule has 3 rings (SSSR count). The van der Waals surface area contributed by atoms with Gasteiger partial charge in [0.15, 0.2) is 0 Å². The van der Waals surface area contributed by atoms with Crippen LogP contribution in [0.4, 0.5) is 10.3 Å². The van der Waals surface area contributed by atoms with Crippen molar-refractivity contribution in [3.63, 3.8) is 0 Å². The Morgan fingerprint density at radius 1 is 1.21 bits per heavy atom. The number of fused-ring (bicyclic) bond motifs is 1. The van der Waals surface area contributed by atoms with Crippen molar-refractivity contribution >= 4 is 34.4 Å². The molecule has 0 saturated heterocycles. The fourth-order valence-electron chi connectivity index (χ4n) is 2.83. The largest absolute Gasteiger partial charge is 0.347 e. The lowest BCUT2D eigenvalue weighted by molar-refractivity contribution is -0.117. The SMILES string of the molecule is CN(C)c1nc2cc(F)ccc2c(=O)n1NC(=O)CCCc1ccc(Cl)cc1. The van der Waals surface area contributed by atoms with E-state index in [9.17, 15) is 14.0 Å². The molecular formula is C20H20ClFN4O2. The number of halogens is 2. The zero-order chi connectivity index (χ0) is 20.3. The molecular weight excluding hydrogens is 383 g/mol. The maximum Gasteiger partial charge on any atom is 0.281 e. The van der Waals surface area contributed by atoms with Crippen LogP contribution in [0.3, 0.4) is 0 Å². The lowest BCUT2D eigenvalue weighted by atomic mass is 10.1. The molecule has 0 aliphatic heterocycles. The number of benzene rings is 2. The van der Waals surface area contributed by atoms with Crippen molar-refractivity contribution in [2.24, 2.45) is 0 Å². The van der Waals surface area contributed by atoms with E-state index in [0.717, 1.165) is 16.7 Å². The predicted molar refractivity (Wildman–Crippen MR) is 109 cm³/mol. The van der Waals surface area contributed by atoms with Crippen molar-refractivity contribution in [2.45, 2.75) is 19.3 Å². The average molecular weight is 403 g/mol. The van der Waals surface area contributed by atoms with Gasteiger partial charge < -0.3 is 4.90 Å². The van der Waals surface area contributed by atoms with E-state index in [1.807, 2.05) is 24.3 Å². The summed E-state index contributed by atoms with van der Waals surface area (Å²) in [6, 6.07) is 11.2. The van der Waals surface area contributed by atoms with Crippen LogP contribution in [0.2, 0.25) is 5.02 Å². The molecule has 3 aromatic rings. The molecule has 146 valence electrons. The van der Waals surface area contributed by atoms with Crippen LogP contribution in [0.1, 0.15) is 18.4 Å². The maximum absolute atomic E-state index is 13.5. The zero-order valence-electron chi connectivity index (χ0n) is 15.6. The van der Waals surface area contributed by atoms with Gasteiger partial charge in [0.05, 0.1) is 10.9 Å². The molecule has 1 N–H and O–H groups in total. The van der Waals surface area contributed by atoms with E-state index in [1.54, 1.807) is 19.0 Å². The van der Waals surface area contributed by atoms with Crippen LogP contribution < -0.4 is 15.9 Å². The number of rotatable bonds is 6. The molecule has 8 heteroatoms. The summed E-state index contributed by atoms with van der Waals surface area (Å²) in [6.07, 6.45) is 1.57. The fourth-order valence-corrected chi connectivity index (χ4v) is 2.96. The molecule has 0 unspecified atom stereocenters. The summed E-state index contributed by atoms with van der Waals surface area (Å²) in [5.74, 6) is -0.565. The van der Waals surface area contributed by atoms with Gasteiger partial charge >= 0.3 is 0 Å². The lowest BCUT2D eigenvalue weighted by Crippen LogP contribution is -2.37. The third-order valence-corrected chi connectivity index (χ3v) is 4.48. The summed E-state index contributed by atoms with van der Waals surface area (Å²) < 4.78 is 14.6. The van der Waals surface area contributed by atoms with Gasteiger partial charge in [-0.25, -0.2) is 9.37 Å². The highest BCUT2D eigenvalue weighted by Crippen LogP contribution is 2.15. The van der Waals surface area contributed by atoms with E-state index in [-0.39, 0.29) is 29.2 Å². The van der Waals surface area contributed by atoms with Crippen LogP contribution in [0, 0.1) is 5.82 Å². The maximum atomic E-state index is 13.5. The van der Waals surface area contributed by atoms with E-state index in [1.165, 1.54) is 18.2 Å². The Morgan fingerprint density at radius 3 is 2.61 bits per heavy atom. The third kappa shape index (κ3) is 4.48. The van der Waals surface area contributed by atoms with Gasteiger partial charge in [0, 0.05) is 31.6 Å². The van der Waals surface area contributed by atoms with E-state index in [0.29, 0.717) is 11.4 Å². The van der Waals surface area contributed by atoms with Gasteiger partial charge in [-0.1, -0.05) is 23.7 Å². The van der Waals surface area contributed by atoms with Crippen molar-refractivity contribution in [1.29, 1.82) is 0 Å². The number of amides is 1. The minimum Gasteiger partial charge on any atom is -0.347 e. The number of carbonyl (C=O) groups excluding carboxylic acids is 1. The van der Waals surface area contributed by atoms with E-state index in [4.69, 9.17) is 11.6 Å². The minimum atomic E-state index is -0.479. The molecule has 2 aromatic carbocycles. The topological polar surface area (TPSA) is 67.2 Å². The normalized spacial score (nSPS) is 10.9. The van der Waals surface area contributed by atoms with Gasteiger partial charge in [-0.3, -0.25) is 15.0 Å². The second-order valence-electron chi connectivity index (χ2n) is 6.62.